The summed E-state index contributed by atoms with van der Waals surface area (Å²) < 4.78 is 5.33. The Balaban J connectivity index is 2.22. The predicted octanol–water partition coefficient (Wildman–Crippen LogP) is 4.26. The molecule has 0 saturated heterocycles. The predicted molar refractivity (Wildman–Crippen MR) is 85.3 cm³/mol. The zero-order chi connectivity index (χ0) is 14.5. The van der Waals surface area contributed by atoms with Crippen LogP contribution in [0.5, 0.6) is 5.75 Å². The average molecular weight is 275 g/mol. The molecule has 0 amide bonds. The minimum atomic E-state index is 0.635. The van der Waals surface area contributed by atoms with Gasteiger partial charge in [0.25, 0.3) is 0 Å². The third-order valence-corrected chi connectivity index (χ3v) is 4.98. The Morgan fingerprint density at radius 1 is 1.30 bits per heavy atom. The highest BCUT2D eigenvalue weighted by Crippen LogP contribution is 2.43. The van der Waals surface area contributed by atoms with Gasteiger partial charge in [-0.15, -0.1) is 0 Å². The molecule has 1 aliphatic rings. The molecule has 2 rings (SSSR count). The summed E-state index contributed by atoms with van der Waals surface area (Å²) in [6, 6.07) is 6.52. The van der Waals surface area contributed by atoms with Crippen molar-refractivity contribution in [2.45, 2.75) is 51.9 Å². The molecule has 2 nitrogen and oxygen atoms in total. The van der Waals surface area contributed by atoms with Gasteiger partial charge in [-0.3, -0.25) is 0 Å². The lowest BCUT2D eigenvalue weighted by Crippen LogP contribution is -2.29. The van der Waals surface area contributed by atoms with E-state index >= 15 is 0 Å². The van der Waals surface area contributed by atoms with E-state index < -0.39 is 0 Å². The molecular formula is C18H29NO. The van der Waals surface area contributed by atoms with Crippen LogP contribution in [0.25, 0.3) is 0 Å². The number of nitrogens with two attached hydrogens (primary N) is 1. The summed E-state index contributed by atoms with van der Waals surface area (Å²) in [6.07, 6.45) is 6.62. The monoisotopic (exact) mass is 275 g/mol. The van der Waals surface area contributed by atoms with Crippen LogP contribution in [-0.4, -0.2) is 13.7 Å². The normalized spacial score (nSPS) is 26.5. The van der Waals surface area contributed by atoms with Gasteiger partial charge in [-0.25, -0.2) is 0 Å². The van der Waals surface area contributed by atoms with Crippen molar-refractivity contribution >= 4 is 0 Å². The minimum Gasteiger partial charge on any atom is -0.497 e. The standard InChI is InChI=1S/C18H29NO/c1-4-5-14-6-7-15(12-19)18(11-14)17-9-8-16(20-3)10-13(17)2/h8-10,14-15,18H,4-7,11-12,19H2,1-3H3. The van der Waals surface area contributed by atoms with Gasteiger partial charge in [0, 0.05) is 0 Å². The van der Waals surface area contributed by atoms with Crippen molar-refractivity contribution in [2.75, 3.05) is 13.7 Å². The molecule has 1 aromatic carbocycles. The van der Waals surface area contributed by atoms with Crippen molar-refractivity contribution in [3.63, 3.8) is 0 Å². The molecule has 0 radical (unpaired) electrons. The molecule has 20 heavy (non-hydrogen) atoms. The molecule has 1 fully saturated rings. The van der Waals surface area contributed by atoms with E-state index in [-0.39, 0.29) is 0 Å². The van der Waals surface area contributed by atoms with Crippen molar-refractivity contribution in [3.05, 3.63) is 29.3 Å². The van der Waals surface area contributed by atoms with E-state index in [0.29, 0.717) is 11.8 Å². The number of hydrogen-bond acceptors (Lipinski definition) is 2. The van der Waals surface area contributed by atoms with Crippen molar-refractivity contribution in [1.82, 2.24) is 0 Å². The molecule has 1 aliphatic carbocycles. The number of hydrogen-bond donors (Lipinski definition) is 1. The van der Waals surface area contributed by atoms with Crippen LogP contribution in [0.4, 0.5) is 0 Å². The number of ether oxygens (including phenoxy) is 1. The zero-order valence-electron chi connectivity index (χ0n) is 13.2. The van der Waals surface area contributed by atoms with Gasteiger partial charge in [0.05, 0.1) is 7.11 Å². The van der Waals surface area contributed by atoms with E-state index in [0.717, 1.165) is 18.2 Å². The van der Waals surface area contributed by atoms with Gasteiger partial charge in [-0.2, -0.15) is 0 Å². The fraction of sp³-hybridized carbons (Fsp3) is 0.667. The number of rotatable bonds is 5. The first kappa shape index (κ1) is 15.4. The van der Waals surface area contributed by atoms with Gasteiger partial charge in [0.2, 0.25) is 0 Å². The van der Waals surface area contributed by atoms with E-state index in [4.69, 9.17) is 10.5 Å². The molecule has 0 aliphatic heterocycles. The summed E-state index contributed by atoms with van der Waals surface area (Å²) in [6.45, 7) is 5.31. The molecule has 3 atom stereocenters. The molecule has 3 unspecified atom stereocenters. The van der Waals surface area contributed by atoms with E-state index in [2.05, 4.69) is 32.0 Å². The molecule has 112 valence electrons. The van der Waals surface area contributed by atoms with Gasteiger partial charge in [-0.05, 0) is 67.3 Å². The van der Waals surface area contributed by atoms with Crippen molar-refractivity contribution < 1.29 is 4.74 Å². The summed E-state index contributed by atoms with van der Waals surface area (Å²) in [4.78, 5) is 0. The maximum absolute atomic E-state index is 6.03. The average Bonchev–Trinajstić information content (AvgIpc) is 2.47. The van der Waals surface area contributed by atoms with Crippen LogP contribution in [0.2, 0.25) is 0 Å². The van der Waals surface area contributed by atoms with Crippen LogP contribution >= 0.6 is 0 Å². The first-order valence-electron chi connectivity index (χ1n) is 8.04. The van der Waals surface area contributed by atoms with Crippen LogP contribution in [0.1, 0.15) is 56.1 Å². The van der Waals surface area contributed by atoms with E-state index in [1.54, 1.807) is 7.11 Å². The second-order valence-electron chi connectivity index (χ2n) is 6.29. The molecule has 0 bridgehead atoms. The fourth-order valence-corrected chi connectivity index (χ4v) is 3.85. The zero-order valence-corrected chi connectivity index (χ0v) is 13.2. The first-order chi connectivity index (χ1) is 9.69. The summed E-state index contributed by atoms with van der Waals surface area (Å²) in [7, 11) is 1.73. The Bertz CT molecular complexity index is 429. The lowest BCUT2D eigenvalue weighted by Gasteiger charge is -2.37. The maximum atomic E-state index is 6.03. The van der Waals surface area contributed by atoms with E-state index in [9.17, 15) is 0 Å². The van der Waals surface area contributed by atoms with Crippen LogP contribution in [0.15, 0.2) is 18.2 Å². The number of benzene rings is 1. The number of aryl methyl sites for hydroxylation is 1. The van der Waals surface area contributed by atoms with Gasteiger partial charge >= 0.3 is 0 Å². The minimum absolute atomic E-state index is 0.635. The Kier molecular flexibility index (Phi) is 5.47. The van der Waals surface area contributed by atoms with Crippen molar-refractivity contribution in [3.8, 4) is 5.75 Å². The van der Waals surface area contributed by atoms with Crippen LogP contribution in [0, 0.1) is 18.8 Å². The second-order valence-corrected chi connectivity index (χ2v) is 6.29. The second kappa shape index (κ2) is 7.12. The highest BCUT2D eigenvalue weighted by Gasteiger charge is 2.31. The number of methoxy groups -OCH3 is 1. The Morgan fingerprint density at radius 2 is 2.10 bits per heavy atom. The first-order valence-corrected chi connectivity index (χ1v) is 8.04. The molecule has 0 aromatic heterocycles. The highest BCUT2D eigenvalue weighted by atomic mass is 16.5. The third kappa shape index (κ3) is 3.35. The Morgan fingerprint density at radius 3 is 2.70 bits per heavy atom. The van der Waals surface area contributed by atoms with Crippen LogP contribution in [0.3, 0.4) is 0 Å². The summed E-state index contributed by atoms with van der Waals surface area (Å²) in [5, 5.41) is 0. The largest absolute Gasteiger partial charge is 0.497 e. The summed E-state index contributed by atoms with van der Waals surface area (Å²) in [5.41, 5.74) is 8.87. The smallest absolute Gasteiger partial charge is 0.119 e. The molecule has 2 heteroatoms. The van der Waals surface area contributed by atoms with E-state index in [1.807, 2.05) is 0 Å². The Hall–Kier alpha value is -1.02. The maximum Gasteiger partial charge on any atom is 0.119 e. The van der Waals surface area contributed by atoms with Crippen molar-refractivity contribution in [2.24, 2.45) is 17.6 Å². The topological polar surface area (TPSA) is 35.2 Å². The lowest BCUT2D eigenvalue weighted by atomic mass is 9.69. The van der Waals surface area contributed by atoms with Crippen molar-refractivity contribution in [1.29, 1.82) is 0 Å². The van der Waals surface area contributed by atoms with Crippen LogP contribution < -0.4 is 10.5 Å². The fourth-order valence-electron chi connectivity index (χ4n) is 3.85. The Labute approximate surface area is 123 Å². The molecular weight excluding hydrogens is 246 g/mol. The highest BCUT2D eigenvalue weighted by molar-refractivity contribution is 5.37. The quantitative estimate of drug-likeness (QED) is 0.871. The molecule has 2 N–H and O–H groups in total. The van der Waals surface area contributed by atoms with Gasteiger partial charge in [0.1, 0.15) is 5.75 Å². The third-order valence-electron chi connectivity index (χ3n) is 4.98. The molecule has 1 aromatic rings. The van der Waals surface area contributed by atoms with Crippen LogP contribution in [-0.2, 0) is 0 Å². The summed E-state index contributed by atoms with van der Waals surface area (Å²) in [5.74, 6) is 3.12. The molecule has 0 heterocycles. The summed E-state index contributed by atoms with van der Waals surface area (Å²) >= 11 is 0. The molecule has 0 spiro atoms. The van der Waals surface area contributed by atoms with E-state index in [1.165, 1.54) is 43.2 Å². The molecule has 1 saturated carbocycles. The van der Waals surface area contributed by atoms with Gasteiger partial charge in [0.15, 0.2) is 0 Å². The lowest BCUT2D eigenvalue weighted by molar-refractivity contribution is 0.229. The SMILES string of the molecule is CCCC1CCC(CN)C(c2ccc(OC)cc2C)C1. The van der Waals surface area contributed by atoms with Gasteiger partial charge in [-0.1, -0.05) is 32.3 Å². The van der Waals surface area contributed by atoms with Gasteiger partial charge < -0.3 is 10.5 Å².